The maximum Gasteiger partial charge on any atom is 0.335 e. The van der Waals surface area contributed by atoms with Gasteiger partial charge in [0, 0.05) is 6.20 Å². The largest absolute Gasteiger partial charge is 0.335 e. The second-order valence-corrected chi connectivity index (χ2v) is 4.79. The van der Waals surface area contributed by atoms with Gasteiger partial charge in [0.05, 0.1) is 12.1 Å². The van der Waals surface area contributed by atoms with Gasteiger partial charge in [0.1, 0.15) is 6.33 Å². The summed E-state index contributed by atoms with van der Waals surface area (Å²) in [5.41, 5.74) is 0. The van der Waals surface area contributed by atoms with Crippen LogP contribution in [-0.2, 0) is 4.79 Å². The molecule has 0 bridgehead atoms. The van der Waals surface area contributed by atoms with Gasteiger partial charge in [0.15, 0.2) is 0 Å². The number of carbonyl (C=O) groups is 1. The van der Waals surface area contributed by atoms with Gasteiger partial charge >= 0.3 is 5.97 Å². The first-order valence-corrected chi connectivity index (χ1v) is 6.94. The number of carbonyl (C=O) groups excluding carboxylic acids is 1. The molecule has 0 radical (unpaired) electrons. The van der Waals surface area contributed by atoms with Gasteiger partial charge in [0.25, 0.3) is 0 Å². The van der Waals surface area contributed by atoms with Crippen molar-refractivity contribution in [3.05, 3.63) is 18.7 Å². The molecule has 0 aliphatic carbocycles. The summed E-state index contributed by atoms with van der Waals surface area (Å²) in [5.74, 6) is -0.222. The predicted octanol–water partition coefficient (Wildman–Crippen LogP) is 3.23. The first-order chi connectivity index (χ1) is 8.74. The molecule has 0 aliphatic heterocycles. The van der Waals surface area contributed by atoms with Crippen molar-refractivity contribution in [3.63, 3.8) is 0 Å². The standard InChI is InChI=1S/C14H24N2O2/c1-3-4-5-6-7-8-9-13(2)14(17)18-16-11-10-15-12-16/h10-13H,3-9H2,1-2H3. The van der Waals surface area contributed by atoms with E-state index in [4.69, 9.17) is 4.84 Å². The lowest BCUT2D eigenvalue weighted by molar-refractivity contribution is -0.148. The number of imidazole rings is 1. The van der Waals surface area contributed by atoms with Crippen LogP contribution in [0, 0.1) is 5.92 Å². The van der Waals surface area contributed by atoms with E-state index in [9.17, 15) is 4.79 Å². The second-order valence-electron chi connectivity index (χ2n) is 4.79. The summed E-state index contributed by atoms with van der Waals surface area (Å²) >= 11 is 0. The fourth-order valence-electron chi connectivity index (χ4n) is 1.84. The summed E-state index contributed by atoms with van der Waals surface area (Å²) in [4.78, 5) is 20.7. The smallest absolute Gasteiger partial charge is 0.335 e. The average Bonchev–Trinajstić information content (AvgIpc) is 2.86. The van der Waals surface area contributed by atoms with E-state index in [0.29, 0.717) is 0 Å². The minimum absolute atomic E-state index is 0.0430. The normalized spacial score (nSPS) is 12.3. The summed E-state index contributed by atoms with van der Waals surface area (Å²) in [7, 11) is 0. The lowest BCUT2D eigenvalue weighted by Crippen LogP contribution is -2.24. The first kappa shape index (κ1) is 14.7. The molecule has 0 spiro atoms. The Hall–Kier alpha value is -1.32. The number of rotatable bonds is 9. The molecule has 1 aromatic rings. The van der Waals surface area contributed by atoms with Crippen molar-refractivity contribution in [2.24, 2.45) is 5.92 Å². The van der Waals surface area contributed by atoms with Gasteiger partial charge in [-0.25, -0.2) is 9.78 Å². The van der Waals surface area contributed by atoms with Gasteiger partial charge in [-0.05, 0) is 6.42 Å². The Morgan fingerprint density at radius 1 is 1.28 bits per heavy atom. The summed E-state index contributed by atoms with van der Waals surface area (Å²) in [5, 5.41) is 0. The van der Waals surface area contributed by atoms with Gasteiger partial charge in [-0.2, -0.15) is 4.73 Å². The van der Waals surface area contributed by atoms with E-state index in [1.54, 1.807) is 12.4 Å². The quantitative estimate of drug-likeness (QED) is 0.634. The lowest BCUT2D eigenvalue weighted by Gasteiger charge is -2.10. The molecule has 0 saturated carbocycles. The Balaban J connectivity index is 2.08. The van der Waals surface area contributed by atoms with Crippen molar-refractivity contribution in [3.8, 4) is 0 Å². The Morgan fingerprint density at radius 2 is 2.00 bits per heavy atom. The zero-order valence-electron chi connectivity index (χ0n) is 11.5. The molecule has 0 aromatic carbocycles. The van der Waals surface area contributed by atoms with Gasteiger partial charge in [0.2, 0.25) is 0 Å². The monoisotopic (exact) mass is 252 g/mol. The maximum absolute atomic E-state index is 11.7. The molecule has 1 heterocycles. The predicted molar refractivity (Wildman–Crippen MR) is 71.0 cm³/mol. The minimum atomic E-state index is -0.179. The van der Waals surface area contributed by atoms with Crippen molar-refractivity contribution < 1.29 is 9.63 Å². The molecule has 1 aromatic heterocycles. The topological polar surface area (TPSA) is 44.1 Å². The lowest BCUT2D eigenvalue weighted by atomic mass is 10.0. The molecule has 0 fully saturated rings. The highest BCUT2D eigenvalue weighted by molar-refractivity contribution is 5.72. The van der Waals surface area contributed by atoms with Crippen LogP contribution in [0.2, 0.25) is 0 Å². The van der Waals surface area contributed by atoms with Crippen LogP contribution in [0.1, 0.15) is 58.8 Å². The van der Waals surface area contributed by atoms with Crippen LogP contribution in [0.5, 0.6) is 0 Å². The fraction of sp³-hybridized carbons (Fsp3) is 0.714. The second kappa shape index (κ2) is 8.72. The molecule has 0 amide bonds. The summed E-state index contributed by atoms with van der Waals surface area (Å²) in [6, 6.07) is 0. The zero-order valence-corrected chi connectivity index (χ0v) is 11.5. The van der Waals surface area contributed by atoms with Crippen LogP contribution in [-0.4, -0.2) is 15.7 Å². The van der Waals surface area contributed by atoms with Crippen molar-refractivity contribution >= 4 is 5.97 Å². The van der Waals surface area contributed by atoms with Crippen molar-refractivity contribution in [1.29, 1.82) is 0 Å². The van der Waals surface area contributed by atoms with Crippen molar-refractivity contribution in [2.75, 3.05) is 0 Å². The van der Waals surface area contributed by atoms with Gasteiger partial charge < -0.3 is 4.84 Å². The molecular weight excluding hydrogens is 228 g/mol. The molecule has 0 N–H and O–H groups in total. The molecule has 1 unspecified atom stereocenters. The number of nitrogens with zero attached hydrogens (tertiary/aromatic N) is 2. The van der Waals surface area contributed by atoms with E-state index >= 15 is 0 Å². The molecule has 1 rings (SSSR count). The van der Waals surface area contributed by atoms with Crippen molar-refractivity contribution in [1.82, 2.24) is 9.71 Å². The fourth-order valence-corrected chi connectivity index (χ4v) is 1.84. The SMILES string of the molecule is CCCCCCCCC(C)C(=O)On1ccnc1. The molecule has 4 nitrogen and oxygen atoms in total. The van der Waals surface area contributed by atoms with E-state index < -0.39 is 0 Å². The van der Waals surface area contributed by atoms with Crippen molar-refractivity contribution in [2.45, 2.75) is 58.8 Å². The van der Waals surface area contributed by atoms with E-state index in [-0.39, 0.29) is 11.9 Å². The molecule has 18 heavy (non-hydrogen) atoms. The Kier molecular flexibility index (Phi) is 7.14. The third-order valence-electron chi connectivity index (χ3n) is 3.07. The Labute approximate surface area is 109 Å². The van der Waals surface area contributed by atoms with Crippen LogP contribution in [0.15, 0.2) is 18.7 Å². The first-order valence-electron chi connectivity index (χ1n) is 6.94. The molecule has 102 valence electrons. The summed E-state index contributed by atoms with van der Waals surface area (Å²) in [6.45, 7) is 4.14. The summed E-state index contributed by atoms with van der Waals surface area (Å²) < 4.78 is 1.35. The van der Waals surface area contributed by atoms with E-state index in [1.165, 1.54) is 43.2 Å². The third-order valence-corrected chi connectivity index (χ3v) is 3.07. The molecule has 0 aliphatic rings. The highest BCUT2D eigenvalue weighted by atomic mass is 16.7. The zero-order chi connectivity index (χ0) is 13.2. The van der Waals surface area contributed by atoms with Gasteiger partial charge in [-0.1, -0.05) is 52.4 Å². The molecular formula is C14H24N2O2. The highest BCUT2D eigenvalue weighted by Crippen LogP contribution is 2.12. The van der Waals surface area contributed by atoms with E-state index in [0.717, 1.165) is 12.8 Å². The number of aromatic nitrogens is 2. The van der Waals surface area contributed by atoms with Gasteiger partial charge in [-0.3, -0.25) is 0 Å². The summed E-state index contributed by atoms with van der Waals surface area (Å²) in [6.07, 6.45) is 13.1. The van der Waals surface area contributed by atoms with E-state index in [2.05, 4.69) is 11.9 Å². The number of hydrogen-bond donors (Lipinski definition) is 0. The number of hydrogen-bond acceptors (Lipinski definition) is 3. The van der Waals surface area contributed by atoms with Gasteiger partial charge in [-0.15, -0.1) is 0 Å². The van der Waals surface area contributed by atoms with Crippen LogP contribution in [0.4, 0.5) is 0 Å². The van der Waals surface area contributed by atoms with Crippen LogP contribution < -0.4 is 4.84 Å². The molecule has 4 heteroatoms. The average molecular weight is 252 g/mol. The van der Waals surface area contributed by atoms with Crippen LogP contribution >= 0.6 is 0 Å². The maximum atomic E-state index is 11.7. The minimum Gasteiger partial charge on any atom is -0.335 e. The van der Waals surface area contributed by atoms with Crippen LogP contribution in [0.3, 0.4) is 0 Å². The Bertz CT molecular complexity index is 323. The molecule has 0 saturated heterocycles. The van der Waals surface area contributed by atoms with E-state index in [1.807, 2.05) is 6.92 Å². The third kappa shape index (κ3) is 5.84. The van der Waals surface area contributed by atoms with Crippen LogP contribution in [0.25, 0.3) is 0 Å². The Morgan fingerprint density at radius 3 is 2.67 bits per heavy atom. The number of unbranched alkanes of at least 4 members (excludes halogenated alkanes) is 5. The molecule has 1 atom stereocenters. The highest BCUT2D eigenvalue weighted by Gasteiger charge is 2.14.